The normalized spacial score (nSPS) is 22.8. The number of esters is 1. The quantitative estimate of drug-likeness (QED) is 0.477. The minimum atomic E-state index is -0.966. The van der Waals surface area contributed by atoms with Crippen molar-refractivity contribution in [1.29, 1.82) is 0 Å². The van der Waals surface area contributed by atoms with E-state index in [-0.39, 0.29) is 5.69 Å². The van der Waals surface area contributed by atoms with E-state index >= 15 is 0 Å². The molecule has 1 saturated heterocycles. The van der Waals surface area contributed by atoms with Gasteiger partial charge in [0.1, 0.15) is 5.41 Å². The van der Waals surface area contributed by atoms with E-state index in [1.165, 1.54) is 13.2 Å². The van der Waals surface area contributed by atoms with E-state index in [4.69, 9.17) is 4.74 Å². The molecule has 0 bridgehead atoms. The van der Waals surface area contributed by atoms with Crippen LogP contribution in [0.2, 0.25) is 0 Å². The summed E-state index contributed by atoms with van der Waals surface area (Å²) in [5, 5.41) is 11.3. The molecule has 0 amide bonds. The molecular formula is C13H15BrN2O4. The van der Waals surface area contributed by atoms with E-state index in [1.807, 2.05) is 11.9 Å². The van der Waals surface area contributed by atoms with E-state index in [1.54, 1.807) is 12.1 Å². The number of nitrogens with zero attached hydrogens (tertiary/aromatic N) is 2. The molecule has 108 valence electrons. The molecule has 0 radical (unpaired) electrons. The Hall–Kier alpha value is -1.47. The lowest BCUT2D eigenvalue weighted by atomic mass is 9.78. The lowest BCUT2D eigenvalue weighted by Crippen LogP contribution is -2.39. The summed E-state index contributed by atoms with van der Waals surface area (Å²) in [7, 11) is 3.20. The first-order chi connectivity index (χ1) is 9.40. The Bertz CT molecular complexity index is 563. The van der Waals surface area contributed by atoms with Gasteiger partial charge in [-0.05, 0) is 32.1 Å². The van der Waals surface area contributed by atoms with Gasteiger partial charge >= 0.3 is 5.97 Å². The fourth-order valence-corrected chi connectivity index (χ4v) is 3.10. The van der Waals surface area contributed by atoms with Gasteiger partial charge in [-0.15, -0.1) is 0 Å². The lowest BCUT2D eigenvalue weighted by molar-refractivity contribution is -0.386. The van der Waals surface area contributed by atoms with Crippen molar-refractivity contribution in [2.24, 2.45) is 0 Å². The Labute approximate surface area is 125 Å². The van der Waals surface area contributed by atoms with Crippen molar-refractivity contribution in [3.8, 4) is 0 Å². The van der Waals surface area contributed by atoms with Crippen molar-refractivity contribution < 1.29 is 14.5 Å². The van der Waals surface area contributed by atoms with Gasteiger partial charge in [-0.2, -0.15) is 0 Å². The van der Waals surface area contributed by atoms with Crippen molar-refractivity contribution in [2.45, 2.75) is 11.8 Å². The van der Waals surface area contributed by atoms with Gasteiger partial charge in [0.15, 0.2) is 0 Å². The van der Waals surface area contributed by atoms with Gasteiger partial charge in [-0.25, -0.2) is 0 Å². The van der Waals surface area contributed by atoms with Crippen LogP contribution in [0.3, 0.4) is 0 Å². The first-order valence-corrected chi connectivity index (χ1v) is 6.91. The predicted octanol–water partition coefficient (Wildman–Crippen LogP) is 2.10. The zero-order chi connectivity index (χ0) is 14.9. The maximum atomic E-state index is 12.3. The maximum Gasteiger partial charge on any atom is 0.317 e. The fraction of sp³-hybridized carbons (Fsp3) is 0.462. The standard InChI is InChI=1S/C13H15BrN2O4/c1-15-6-5-13(8-15,12(17)20-2)10-4-3-9(14)7-11(10)16(18)19/h3-4,7H,5-6,8H2,1-2H3. The van der Waals surface area contributed by atoms with Gasteiger partial charge in [0.25, 0.3) is 5.69 Å². The number of nitro groups is 1. The van der Waals surface area contributed by atoms with Crippen LogP contribution in [-0.2, 0) is 14.9 Å². The van der Waals surface area contributed by atoms with E-state index in [0.717, 1.165) is 0 Å². The summed E-state index contributed by atoms with van der Waals surface area (Å²) in [4.78, 5) is 25.1. The number of carbonyl (C=O) groups is 1. The SMILES string of the molecule is COC(=O)C1(c2ccc(Br)cc2[N+](=O)[O-])CCN(C)C1. The molecule has 1 aliphatic rings. The van der Waals surface area contributed by atoms with Crippen LogP contribution < -0.4 is 0 Å². The number of likely N-dealkylation sites (tertiary alicyclic amines) is 1. The van der Waals surface area contributed by atoms with Gasteiger partial charge in [-0.1, -0.05) is 15.9 Å². The Morgan fingerprint density at radius 3 is 2.75 bits per heavy atom. The van der Waals surface area contributed by atoms with Crippen molar-refractivity contribution >= 4 is 27.6 Å². The van der Waals surface area contributed by atoms with E-state index < -0.39 is 16.3 Å². The molecular weight excluding hydrogens is 328 g/mol. The van der Waals surface area contributed by atoms with Crippen molar-refractivity contribution in [3.05, 3.63) is 38.3 Å². The highest BCUT2D eigenvalue weighted by molar-refractivity contribution is 9.10. The van der Waals surface area contributed by atoms with Crippen LogP contribution >= 0.6 is 15.9 Å². The fourth-order valence-electron chi connectivity index (χ4n) is 2.75. The molecule has 7 heteroatoms. The Morgan fingerprint density at radius 1 is 1.55 bits per heavy atom. The largest absolute Gasteiger partial charge is 0.468 e. The van der Waals surface area contributed by atoms with Gasteiger partial charge in [0.05, 0.1) is 12.0 Å². The van der Waals surface area contributed by atoms with Crippen LogP contribution in [0.25, 0.3) is 0 Å². The maximum absolute atomic E-state index is 12.3. The number of hydrogen-bond donors (Lipinski definition) is 0. The molecule has 0 aliphatic carbocycles. The molecule has 1 aromatic rings. The summed E-state index contributed by atoms with van der Waals surface area (Å²) in [6.07, 6.45) is 0.513. The summed E-state index contributed by atoms with van der Waals surface area (Å²) < 4.78 is 5.52. The number of halogens is 1. The van der Waals surface area contributed by atoms with Crippen molar-refractivity contribution in [3.63, 3.8) is 0 Å². The second-order valence-corrected chi connectivity index (χ2v) is 5.90. The van der Waals surface area contributed by atoms with Crippen LogP contribution in [0.5, 0.6) is 0 Å². The van der Waals surface area contributed by atoms with Crippen molar-refractivity contribution in [2.75, 3.05) is 27.2 Å². The van der Waals surface area contributed by atoms with Crippen molar-refractivity contribution in [1.82, 2.24) is 4.90 Å². The zero-order valence-corrected chi connectivity index (χ0v) is 12.8. The summed E-state index contributed by atoms with van der Waals surface area (Å²) in [5.41, 5.74) is -0.603. The number of ether oxygens (including phenoxy) is 1. The highest BCUT2D eigenvalue weighted by Crippen LogP contribution is 2.41. The molecule has 1 unspecified atom stereocenters. The van der Waals surface area contributed by atoms with Crippen LogP contribution in [0.15, 0.2) is 22.7 Å². The molecule has 6 nitrogen and oxygen atoms in total. The summed E-state index contributed by atoms with van der Waals surface area (Å²) in [6, 6.07) is 4.78. The van der Waals surface area contributed by atoms with Gasteiger partial charge in [0, 0.05) is 22.6 Å². The third kappa shape index (κ3) is 2.43. The number of likely N-dealkylation sites (N-methyl/N-ethyl adjacent to an activating group) is 1. The smallest absolute Gasteiger partial charge is 0.317 e. The number of hydrogen-bond acceptors (Lipinski definition) is 5. The third-order valence-corrected chi connectivity index (χ3v) is 4.20. The molecule has 0 saturated carbocycles. The first-order valence-electron chi connectivity index (χ1n) is 6.12. The van der Waals surface area contributed by atoms with E-state index in [2.05, 4.69) is 15.9 Å². The molecule has 1 fully saturated rings. The molecule has 2 rings (SSSR count). The summed E-state index contributed by atoms with van der Waals surface area (Å²) in [5.74, 6) is -0.424. The van der Waals surface area contributed by atoms with Gasteiger partial charge in [-0.3, -0.25) is 14.9 Å². The summed E-state index contributed by atoms with van der Waals surface area (Å²) in [6.45, 7) is 1.12. The Morgan fingerprint density at radius 2 is 2.25 bits per heavy atom. The molecule has 0 N–H and O–H groups in total. The topological polar surface area (TPSA) is 72.7 Å². The second kappa shape index (κ2) is 5.49. The second-order valence-electron chi connectivity index (χ2n) is 4.98. The summed E-state index contributed by atoms with van der Waals surface area (Å²) >= 11 is 3.23. The van der Waals surface area contributed by atoms with Gasteiger partial charge in [0.2, 0.25) is 0 Å². The Kier molecular flexibility index (Phi) is 4.10. The first kappa shape index (κ1) is 14.9. The average Bonchev–Trinajstić information content (AvgIpc) is 2.81. The van der Waals surface area contributed by atoms with Crippen LogP contribution in [0, 0.1) is 10.1 Å². The zero-order valence-electron chi connectivity index (χ0n) is 11.3. The van der Waals surface area contributed by atoms with Crippen LogP contribution in [0.1, 0.15) is 12.0 Å². The monoisotopic (exact) mass is 342 g/mol. The van der Waals surface area contributed by atoms with Crippen LogP contribution in [-0.4, -0.2) is 43.0 Å². The van der Waals surface area contributed by atoms with E-state index in [9.17, 15) is 14.9 Å². The molecule has 0 aromatic heterocycles. The number of benzene rings is 1. The predicted molar refractivity (Wildman–Crippen MR) is 76.6 cm³/mol. The number of methoxy groups -OCH3 is 1. The highest BCUT2D eigenvalue weighted by atomic mass is 79.9. The minimum absolute atomic E-state index is 0.0555. The molecule has 1 heterocycles. The van der Waals surface area contributed by atoms with Crippen LogP contribution in [0.4, 0.5) is 5.69 Å². The van der Waals surface area contributed by atoms with E-state index in [0.29, 0.717) is 29.5 Å². The average molecular weight is 343 g/mol. The Balaban J connectivity index is 2.61. The minimum Gasteiger partial charge on any atom is -0.468 e. The molecule has 1 aromatic carbocycles. The van der Waals surface area contributed by atoms with Gasteiger partial charge < -0.3 is 9.64 Å². The number of carbonyl (C=O) groups excluding carboxylic acids is 1. The molecule has 1 aliphatic heterocycles. The molecule has 1 atom stereocenters. The molecule has 20 heavy (non-hydrogen) atoms. The number of nitro benzene ring substituents is 1. The highest BCUT2D eigenvalue weighted by Gasteiger charge is 2.49. The lowest BCUT2D eigenvalue weighted by Gasteiger charge is -2.26. The molecule has 0 spiro atoms. The third-order valence-electron chi connectivity index (χ3n) is 3.71. The number of rotatable bonds is 3.